The highest BCUT2D eigenvalue weighted by molar-refractivity contribution is 7.13. The molecule has 0 aliphatic rings. The Bertz CT molecular complexity index is 1170. The minimum atomic E-state index is -0.345. The van der Waals surface area contributed by atoms with Gasteiger partial charge in [0, 0.05) is 47.6 Å². The number of aromatic nitrogens is 4. The molecule has 0 amide bonds. The van der Waals surface area contributed by atoms with Crippen LogP contribution in [0.15, 0.2) is 60.2 Å². The van der Waals surface area contributed by atoms with Gasteiger partial charge in [-0.1, -0.05) is 30.3 Å². The Labute approximate surface area is 189 Å². The number of nitrogens with zero attached hydrogens (tertiary/aromatic N) is 4. The summed E-state index contributed by atoms with van der Waals surface area (Å²) < 4.78 is 17.9. The zero-order valence-electron chi connectivity index (χ0n) is 17.7. The third-order valence-electron chi connectivity index (χ3n) is 4.54. The molecule has 4 aromatic rings. The van der Waals surface area contributed by atoms with Crippen molar-refractivity contribution in [3.63, 3.8) is 0 Å². The van der Waals surface area contributed by atoms with Crippen LogP contribution in [-0.2, 0) is 36.2 Å². The van der Waals surface area contributed by atoms with E-state index in [9.17, 15) is 4.79 Å². The van der Waals surface area contributed by atoms with Gasteiger partial charge in [0.1, 0.15) is 18.2 Å². The molecule has 0 saturated heterocycles. The van der Waals surface area contributed by atoms with Gasteiger partial charge in [-0.2, -0.15) is 0 Å². The maximum absolute atomic E-state index is 11.5. The quantitative estimate of drug-likeness (QED) is 0.358. The summed E-state index contributed by atoms with van der Waals surface area (Å²) in [6, 6.07) is 13.7. The van der Waals surface area contributed by atoms with Gasteiger partial charge in [0.25, 0.3) is 0 Å². The third kappa shape index (κ3) is 5.50. The number of hydrogen-bond donors (Lipinski definition) is 0. The normalized spacial score (nSPS) is 10.7. The van der Waals surface area contributed by atoms with Crippen molar-refractivity contribution in [2.24, 2.45) is 7.05 Å². The molecule has 0 aliphatic heterocycles. The second-order valence-corrected chi connectivity index (χ2v) is 7.84. The molecule has 0 unspecified atom stereocenters. The topological polar surface area (TPSA) is 88.4 Å². The molecule has 0 saturated carbocycles. The number of ether oxygens (including phenoxy) is 3. The highest BCUT2D eigenvalue weighted by Gasteiger charge is 2.14. The summed E-state index contributed by atoms with van der Waals surface area (Å²) in [5.41, 5.74) is 3.47. The van der Waals surface area contributed by atoms with E-state index in [0.29, 0.717) is 23.9 Å². The summed E-state index contributed by atoms with van der Waals surface area (Å²) in [5, 5.41) is 7.21. The molecule has 0 bridgehead atoms. The first-order chi connectivity index (χ1) is 15.6. The van der Waals surface area contributed by atoms with Crippen molar-refractivity contribution in [1.29, 1.82) is 0 Å². The van der Waals surface area contributed by atoms with Crippen LogP contribution < -0.4 is 9.47 Å². The predicted octanol–water partition coefficient (Wildman–Crippen LogP) is 3.81. The van der Waals surface area contributed by atoms with Crippen LogP contribution in [0.2, 0.25) is 0 Å². The van der Waals surface area contributed by atoms with Crippen LogP contribution in [0, 0.1) is 0 Å². The standard InChI is InChI=1S/C23H22N4O4S/c1-27-12-18(10-21(28)29-2)22(26-27)31-13-16-8-9-20(24-11-16)30-14-19-15-32-23(25-19)17-6-4-3-5-7-17/h3-9,11-12,15H,10,13-14H2,1-2H3. The van der Waals surface area contributed by atoms with Crippen LogP contribution in [0.1, 0.15) is 16.8 Å². The molecule has 0 N–H and O–H groups in total. The average molecular weight is 451 g/mol. The molecule has 164 valence electrons. The molecule has 0 fully saturated rings. The first kappa shape index (κ1) is 21.5. The summed E-state index contributed by atoms with van der Waals surface area (Å²) in [7, 11) is 3.12. The van der Waals surface area contributed by atoms with Crippen molar-refractivity contribution >= 4 is 17.3 Å². The largest absolute Gasteiger partial charge is 0.471 e. The van der Waals surface area contributed by atoms with Crippen molar-refractivity contribution in [2.45, 2.75) is 19.6 Å². The van der Waals surface area contributed by atoms with Gasteiger partial charge in [0.15, 0.2) is 0 Å². The number of esters is 1. The first-order valence-corrected chi connectivity index (χ1v) is 10.8. The number of benzene rings is 1. The lowest BCUT2D eigenvalue weighted by molar-refractivity contribution is -0.139. The fourth-order valence-corrected chi connectivity index (χ4v) is 3.77. The second-order valence-electron chi connectivity index (χ2n) is 6.98. The lowest BCUT2D eigenvalue weighted by Crippen LogP contribution is -2.06. The van der Waals surface area contributed by atoms with Crippen molar-refractivity contribution in [1.82, 2.24) is 19.7 Å². The van der Waals surface area contributed by atoms with Crippen molar-refractivity contribution in [3.8, 4) is 22.3 Å². The highest BCUT2D eigenvalue weighted by atomic mass is 32.1. The maximum atomic E-state index is 11.5. The first-order valence-electron chi connectivity index (χ1n) is 9.90. The van der Waals surface area contributed by atoms with E-state index in [1.54, 1.807) is 41.5 Å². The Morgan fingerprint density at radius 2 is 1.94 bits per heavy atom. The number of carbonyl (C=O) groups is 1. The summed E-state index contributed by atoms with van der Waals surface area (Å²) in [5.74, 6) is 0.560. The molecule has 4 rings (SSSR count). The minimum absolute atomic E-state index is 0.104. The molecule has 0 radical (unpaired) electrons. The maximum Gasteiger partial charge on any atom is 0.310 e. The number of pyridine rings is 1. The van der Waals surface area contributed by atoms with Crippen LogP contribution in [0.25, 0.3) is 10.6 Å². The summed E-state index contributed by atoms with van der Waals surface area (Å²) in [6.45, 7) is 0.613. The average Bonchev–Trinajstić information content (AvgIpc) is 3.43. The summed E-state index contributed by atoms with van der Waals surface area (Å²) in [4.78, 5) is 20.5. The highest BCUT2D eigenvalue weighted by Crippen LogP contribution is 2.24. The van der Waals surface area contributed by atoms with Gasteiger partial charge in [-0.25, -0.2) is 9.97 Å². The van der Waals surface area contributed by atoms with Crippen LogP contribution in [0.4, 0.5) is 0 Å². The zero-order chi connectivity index (χ0) is 22.3. The lowest BCUT2D eigenvalue weighted by Gasteiger charge is -2.07. The van der Waals surface area contributed by atoms with Crippen LogP contribution >= 0.6 is 11.3 Å². The third-order valence-corrected chi connectivity index (χ3v) is 5.48. The molecular formula is C23H22N4O4S. The van der Waals surface area contributed by atoms with Gasteiger partial charge in [-0.15, -0.1) is 16.4 Å². The molecule has 32 heavy (non-hydrogen) atoms. The van der Waals surface area contributed by atoms with Crippen LogP contribution in [-0.4, -0.2) is 32.8 Å². The second kappa shape index (κ2) is 10.1. The van der Waals surface area contributed by atoms with E-state index in [1.807, 2.05) is 41.8 Å². The fourth-order valence-electron chi connectivity index (χ4n) is 2.96. The number of thiazole rings is 1. The molecule has 0 spiro atoms. The Hall–Kier alpha value is -3.72. The van der Waals surface area contributed by atoms with Gasteiger partial charge in [0.2, 0.25) is 11.8 Å². The molecular weight excluding hydrogens is 428 g/mol. The minimum Gasteiger partial charge on any atom is -0.471 e. The van der Waals surface area contributed by atoms with E-state index in [0.717, 1.165) is 21.8 Å². The van der Waals surface area contributed by atoms with Crippen molar-refractivity contribution in [2.75, 3.05) is 7.11 Å². The van der Waals surface area contributed by atoms with Gasteiger partial charge in [0.05, 0.1) is 19.2 Å². The summed E-state index contributed by atoms with van der Waals surface area (Å²) >= 11 is 1.59. The van der Waals surface area contributed by atoms with Crippen molar-refractivity contribution in [3.05, 3.63) is 77.1 Å². The number of hydrogen-bond acceptors (Lipinski definition) is 8. The Balaban J connectivity index is 1.31. The van der Waals surface area contributed by atoms with Gasteiger partial charge in [-0.3, -0.25) is 9.48 Å². The molecule has 0 aliphatic carbocycles. The summed E-state index contributed by atoms with van der Waals surface area (Å²) in [6.07, 6.45) is 3.53. The molecule has 9 heteroatoms. The van der Waals surface area contributed by atoms with E-state index in [-0.39, 0.29) is 19.0 Å². The number of rotatable bonds is 9. The smallest absolute Gasteiger partial charge is 0.310 e. The van der Waals surface area contributed by atoms with E-state index < -0.39 is 0 Å². The Kier molecular flexibility index (Phi) is 6.76. The molecule has 8 nitrogen and oxygen atoms in total. The SMILES string of the molecule is COC(=O)Cc1cn(C)nc1OCc1ccc(OCc2csc(-c3ccccc3)n2)nc1. The van der Waals surface area contributed by atoms with Crippen molar-refractivity contribution < 1.29 is 19.0 Å². The van der Waals surface area contributed by atoms with E-state index >= 15 is 0 Å². The van der Waals surface area contributed by atoms with Crippen LogP contribution in [0.3, 0.4) is 0 Å². The van der Waals surface area contributed by atoms with Gasteiger partial charge in [-0.05, 0) is 6.07 Å². The number of carbonyl (C=O) groups excluding carboxylic acids is 1. The van der Waals surface area contributed by atoms with Crippen LogP contribution in [0.5, 0.6) is 11.8 Å². The number of methoxy groups -OCH3 is 1. The predicted molar refractivity (Wildman–Crippen MR) is 119 cm³/mol. The molecule has 0 atom stereocenters. The van der Waals surface area contributed by atoms with E-state index in [4.69, 9.17) is 14.2 Å². The van der Waals surface area contributed by atoms with E-state index in [2.05, 4.69) is 15.1 Å². The molecule has 1 aromatic carbocycles. The zero-order valence-corrected chi connectivity index (χ0v) is 18.5. The monoisotopic (exact) mass is 450 g/mol. The number of aryl methyl sites for hydroxylation is 1. The van der Waals surface area contributed by atoms with E-state index in [1.165, 1.54) is 7.11 Å². The van der Waals surface area contributed by atoms with Gasteiger partial charge < -0.3 is 14.2 Å². The fraction of sp³-hybridized carbons (Fsp3) is 0.217. The molecule has 3 aromatic heterocycles. The molecule has 3 heterocycles. The Morgan fingerprint density at radius 1 is 1.09 bits per heavy atom. The van der Waals surface area contributed by atoms with Gasteiger partial charge >= 0.3 is 5.97 Å². The lowest BCUT2D eigenvalue weighted by atomic mass is 10.2. The Morgan fingerprint density at radius 3 is 2.69 bits per heavy atom.